The van der Waals surface area contributed by atoms with Crippen molar-refractivity contribution in [3.8, 4) is 11.3 Å². The fourth-order valence-electron chi connectivity index (χ4n) is 3.77. The van der Waals surface area contributed by atoms with Crippen LogP contribution in [0.1, 0.15) is 19.5 Å². The molecule has 0 unspecified atom stereocenters. The van der Waals surface area contributed by atoms with Crippen LogP contribution in [-0.4, -0.2) is 65.7 Å². The lowest BCUT2D eigenvalue weighted by Gasteiger charge is -2.31. The third-order valence-electron chi connectivity index (χ3n) is 5.13. The van der Waals surface area contributed by atoms with Crippen molar-refractivity contribution in [2.45, 2.75) is 43.9 Å². The molecular weight excluding hydrogens is 466 g/mol. The average Bonchev–Trinajstić information content (AvgIpc) is 2.89. The number of likely N-dealkylation sites (tertiary alicyclic amines) is 1. The summed E-state index contributed by atoms with van der Waals surface area (Å²) in [6.07, 6.45) is 0.411. The molecular formula is C21H23F4N3O4S. The summed E-state index contributed by atoms with van der Waals surface area (Å²) in [4.78, 5) is 17.7. The number of nitrogens with one attached hydrogen (secondary N) is 1. The number of halogens is 4. The van der Waals surface area contributed by atoms with Crippen LogP contribution in [-0.2, 0) is 21.2 Å². The summed E-state index contributed by atoms with van der Waals surface area (Å²) in [6.45, 7) is 1.17. The van der Waals surface area contributed by atoms with Crippen LogP contribution in [0, 0.1) is 11.6 Å². The van der Waals surface area contributed by atoms with Crippen molar-refractivity contribution in [3.05, 3.63) is 53.7 Å². The highest BCUT2D eigenvalue weighted by Gasteiger charge is 2.58. The lowest BCUT2D eigenvalue weighted by Crippen LogP contribution is -2.54. The number of sulfonamides is 1. The Labute approximate surface area is 188 Å². The lowest BCUT2D eigenvalue weighted by molar-refractivity contribution is -0.149. The van der Waals surface area contributed by atoms with Crippen molar-refractivity contribution in [1.29, 1.82) is 0 Å². The zero-order chi connectivity index (χ0) is 24.8. The maximum Gasteiger partial charge on any atom is 0.283 e. The number of pyridine rings is 1. The maximum atomic E-state index is 14.8. The number of carbonyl (C=O) groups excluding carboxylic acids is 1. The molecule has 1 aromatic carbocycles. The molecule has 0 saturated carbocycles. The Morgan fingerprint density at radius 1 is 1.24 bits per heavy atom. The number of benzene rings is 1. The molecule has 1 amide bonds. The van der Waals surface area contributed by atoms with E-state index in [0.29, 0.717) is 6.07 Å². The molecule has 0 aliphatic carbocycles. The van der Waals surface area contributed by atoms with Crippen LogP contribution in [0.4, 0.5) is 17.6 Å². The summed E-state index contributed by atoms with van der Waals surface area (Å²) in [5.41, 5.74) is -1.54. The first kappa shape index (κ1) is 25.1. The number of alkyl halides is 2. The molecule has 2 atom stereocenters. The Kier molecular flexibility index (Phi) is 6.57. The molecule has 2 aromatic rings. The van der Waals surface area contributed by atoms with Crippen molar-refractivity contribution >= 4 is 15.9 Å². The summed E-state index contributed by atoms with van der Waals surface area (Å²) in [5, 5.41) is 10.1. The normalized spacial score (nSPS) is 20.8. The monoisotopic (exact) mass is 489 g/mol. The number of hydrogen-bond acceptors (Lipinski definition) is 5. The van der Waals surface area contributed by atoms with Gasteiger partial charge in [-0.05, 0) is 38.1 Å². The van der Waals surface area contributed by atoms with Gasteiger partial charge in [0.25, 0.3) is 11.8 Å². The highest BCUT2D eigenvalue weighted by atomic mass is 32.2. The number of hydrogen-bond donors (Lipinski definition) is 2. The molecule has 1 aliphatic heterocycles. The Hall–Kier alpha value is -2.57. The third-order valence-corrected chi connectivity index (χ3v) is 5.81. The van der Waals surface area contributed by atoms with Crippen molar-refractivity contribution in [2.75, 3.05) is 12.8 Å². The largest absolute Gasteiger partial charge is 0.381 e. The minimum atomic E-state index is -4.08. The van der Waals surface area contributed by atoms with E-state index in [1.165, 1.54) is 18.2 Å². The highest BCUT2D eigenvalue weighted by molar-refractivity contribution is 7.88. The minimum absolute atomic E-state index is 0.112. The first-order valence-electron chi connectivity index (χ1n) is 9.88. The summed E-state index contributed by atoms with van der Waals surface area (Å²) in [7, 11) is -4.08. The van der Waals surface area contributed by atoms with Gasteiger partial charge in [-0.25, -0.2) is 30.7 Å². The summed E-state index contributed by atoms with van der Waals surface area (Å²) >= 11 is 0. The van der Waals surface area contributed by atoms with Crippen molar-refractivity contribution in [1.82, 2.24) is 14.6 Å². The van der Waals surface area contributed by atoms with Gasteiger partial charge in [-0.15, -0.1) is 0 Å². The molecule has 7 nitrogen and oxygen atoms in total. The second kappa shape index (κ2) is 8.65. The second-order valence-corrected chi connectivity index (χ2v) is 10.3. The van der Waals surface area contributed by atoms with Crippen LogP contribution in [0.25, 0.3) is 11.3 Å². The Bertz CT molecular complexity index is 1150. The van der Waals surface area contributed by atoms with Crippen LogP contribution in [0.3, 0.4) is 0 Å². The molecule has 1 aromatic heterocycles. The molecule has 0 bridgehead atoms. The van der Waals surface area contributed by atoms with E-state index in [-0.39, 0.29) is 23.4 Å². The van der Waals surface area contributed by atoms with Gasteiger partial charge in [-0.2, -0.15) is 0 Å². The predicted octanol–water partition coefficient (Wildman–Crippen LogP) is 2.10. The predicted molar refractivity (Wildman–Crippen MR) is 112 cm³/mol. The van der Waals surface area contributed by atoms with Crippen LogP contribution < -0.4 is 4.72 Å². The number of aliphatic hydroxyl groups is 1. The topological polar surface area (TPSA) is 99.6 Å². The van der Waals surface area contributed by atoms with E-state index in [4.69, 9.17) is 0 Å². The van der Waals surface area contributed by atoms with E-state index in [2.05, 4.69) is 4.98 Å². The van der Waals surface area contributed by atoms with E-state index in [1.54, 1.807) is 0 Å². The number of nitrogens with zero attached hydrogens (tertiary/aromatic N) is 2. The van der Waals surface area contributed by atoms with Gasteiger partial charge in [0.1, 0.15) is 23.3 Å². The lowest BCUT2D eigenvalue weighted by atomic mass is 10.00. The van der Waals surface area contributed by atoms with Crippen LogP contribution in [0.2, 0.25) is 0 Å². The number of rotatable bonds is 6. The van der Waals surface area contributed by atoms with Gasteiger partial charge in [0.2, 0.25) is 10.0 Å². The minimum Gasteiger partial charge on any atom is -0.381 e. The zero-order valence-electron chi connectivity index (χ0n) is 18.0. The van der Waals surface area contributed by atoms with Crippen LogP contribution >= 0.6 is 0 Å². The SMILES string of the molecule is CC(C)(O)C(=O)N1CC(F)(F)[C@H](NS(C)(=O)=O)[C@@H]1Cc1cccc(-c2cc(F)cc(F)c2)n1. The van der Waals surface area contributed by atoms with Gasteiger partial charge in [-0.1, -0.05) is 6.07 Å². The van der Waals surface area contributed by atoms with E-state index < -0.39 is 57.7 Å². The highest BCUT2D eigenvalue weighted by Crippen LogP contribution is 2.36. The van der Waals surface area contributed by atoms with Gasteiger partial charge in [-0.3, -0.25) is 9.78 Å². The molecule has 1 aliphatic rings. The molecule has 1 fully saturated rings. The number of carbonyl (C=O) groups is 1. The van der Waals surface area contributed by atoms with Gasteiger partial charge < -0.3 is 10.0 Å². The van der Waals surface area contributed by atoms with Gasteiger partial charge in [0, 0.05) is 23.7 Å². The summed E-state index contributed by atoms with van der Waals surface area (Å²) in [5.74, 6) is -6.29. The molecule has 2 heterocycles. The smallest absolute Gasteiger partial charge is 0.283 e. The fourth-order valence-corrected chi connectivity index (χ4v) is 4.56. The van der Waals surface area contributed by atoms with E-state index in [0.717, 1.165) is 37.1 Å². The second-order valence-electron chi connectivity index (χ2n) is 8.56. The first-order chi connectivity index (χ1) is 15.1. The molecule has 0 radical (unpaired) electrons. The van der Waals surface area contributed by atoms with Crippen molar-refractivity contribution < 1.29 is 35.9 Å². The standard InChI is InChI=1S/C21H23F4N3O4S/c1-20(2,30)19(29)28-11-21(24,25)18(27-33(3,31)32)17(28)10-15-5-4-6-16(26-15)12-7-13(22)9-14(23)8-12/h4-9,17-18,27,30H,10-11H2,1-3H3/t17-,18+/m0/s1. The molecule has 2 N–H and O–H groups in total. The molecule has 33 heavy (non-hydrogen) atoms. The quantitative estimate of drug-likeness (QED) is 0.606. The third kappa shape index (κ3) is 5.87. The Morgan fingerprint density at radius 2 is 1.85 bits per heavy atom. The van der Waals surface area contributed by atoms with E-state index in [9.17, 15) is 35.9 Å². The summed E-state index contributed by atoms with van der Waals surface area (Å²) < 4.78 is 82.3. The maximum absolute atomic E-state index is 14.8. The molecule has 0 spiro atoms. The van der Waals surface area contributed by atoms with E-state index >= 15 is 0 Å². The van der Waals surface area contributed by atoms with Crippen molar-refractivity contribution in [3.63, 3.8) is 0 Å². The average molecular weight is 489 g/mol. The summed E-state index contributed by atoms with van der Waals surface area (Å²) in [6, 6.07) is 3.85. The number of aromatic nitrogens is 1. The van der Waals surface area contributed by atoms with E-state index in [1.807, 2.05) is 4.72 Å². The first-order valence-corrected chi connectivity index (χ1v) is 11.8. The van der Waals surface area contributed by atoms with Gasteiger partial charge in [0.15, 0.2) is 0 Å². The van der Waals surface area contributed by atoms with Crippen molar-refractivity contribution in [2.24, 2.45) is 0 Å². The van der Waals surface area contributed by atoms with Crippen LogP contribution in [0.5, 0.6) is 0 Å². The van der Waals surface area contributed by atoms with Gasteiger partial charge in [0.05, 0.1) is 24.5 Å². The molecule has 1 saturated heterocycles. The zero-order valence-corrected chi connectivity index (χ0v) is 18.8. The fraction of sp³-hybridized carbons (Fsp3) is 0.429. The number of amides is 1. The Balaban J connectivity index is 2.02. The van der Waals surface area contributed by atoms with Crippen LogP contribution in [0.15, 0.2) is 36.4 Å². The molecule has 12 heteroatoms. The Morgan fingerprint density at radius 3 is 2.39 bits per heavy atom. The van der Waals surface area contributed by atoms with Gasteiger partial charge >= 0.3 is 0 Å². The molecule has 180 valence electrons. The molecule has 3 rings (SSSR count).